The van der Waals surface area contributed by atoms with Gasteiger partial charge in [-0.05, 0) is 25.5 Å². The summed E-state index contributed by atoms with van der Waals surface area (Å²) in [4.78, 5) is 0. The van der Waals surface area contributed by atoms with E-state index < -0.39 is 15.3 Å². The molecule has 102 valence electrons. The quantitative estimate of drug-likeness (QED) is 0.789. The minimum atomic E-state index is -3.47. The predicted octanol–water partition coefficient (Wildman–Crippen LogP) is 1.56. The van der Waals surface area contributed by atoms with Gasteiger partial charge in [-0.15, -0.1) is 0 Å². The van der Waals surface area contributed by atoms with E-state index in [1.54, 1.807) is 31.2 Å². The summed E-state index contributed by atoms with van der Waals surface area (Å²) >= 11 is 0. The summed E-state index contributed by atoms with van der Waals surface area (Å²) in [6.07, 6.45) is 0.475. The number of ether oxygens (including phenoxy) is 1. The molecule has 0 aliphatic carbocycles. The summed E-state index contributed by atoms with van der Waals surface area (Å²) in [5.74, 6) is 0.524. The molecule has 5 nitrogen and oxygen atoms in total. The Bertz CT molecular complexity index is 470. The molecule has 1 atom stereocenters. The smallest absolute Gasteiger partial charge is 0.236 e. The Morgan fingerprint density at radius 1 is 1.33 bits per heavy atom. The molecule has 0 heterocycles. The normalized spacial score (nSPS) is 13.1. The van der Waals surface area contributed by atoms with Crippen LogP contribution < -0.4 is 15.2 Å². The molecule has 0 aliphatic rings. The molecule has 0 radical (unpaired) electrons. The standard InChI is InChI=1S/C12H20N2O3S/c1-3-10(9-13)18(15,16)14-11-7-5-6-8-12(11)17-4-2/h5-8,10,14H,3-4,9,13H2,1-2H3. The Balaban J connectivity index is 2.96. The van der Waals surface area contributed by atoms with Gasteiger partial charge < -0.3 is 10.5 Å². The molecule has 0 saturated carbocycles. The van der Waals surface area contributed by atoms with Gasteiger partial charge in [0.15, 0.2) is 0 Å². The Kier molecular flexibility index (Phi) is 5.43. The van der Waals surface area contributed by atoms with Crippen LogP contribution in [0.4, 0.5) is 5.69 Å². The fourth-order valence-electron chi connectivity index (χ4n) is 1.58. The largest absolute Gasteiger partial charge is 0.492 e. The number of anilines is 1. The molecule has 0 aromatic heterocycles. The monoisotopic (exact) mass is 272 g/mol. The Morgan fingerprint density at radius 3 is 2.56 bits per heavy atom. The molecule has 0 saturated heterocycles. The van der Waals surface area contributed by atoms with Gasteiger partial charge in [0.25, 0.3) is 0 Å². The van der Waals surface area contributed by atoms with Crippen LogP contribution in [0.1, 0.15) is 20.3 Å². The summed E-state index contributed by atoms with van der Waals surface area (Å²) < 4.78 is 32.1. The van der Waals surface area contributed by atoms with Gasteiger partial charge in [-0.3, -0.25) is 4.72 Å². The van der Waals surface area contributed by atoms with Crippen LogP contribution in [0.5, 0.6) is 5.75 Å². The maximum atomic E-state index is 12.1. The van der Waals surface area contributed by atoms with Crippen LogP contribution in [-0.4, -0.2) is 26.8 Å². The van der Waals surface area contributed by atoms with Crippen LogP contribution in [0.15, 0.2) is 24.3 Å². The molecule has 6 heteroatoms. The minimum absolute atomic E-state index is 0.0998. The molecule has 1 aromatic carbocycles. The van der Waals surface area contributed by atoms with E-state index in [0.717, 1.165) is 0 Å². The Labute approximate surface area is 108 Å². The van der Waals surface area contributed by atoms with Gasteiger partial charge in [0.05, 0.1) is 17.5 Å². The molecular weight excluding hydrogens is 252 g/mol. The lowest BCUT2D eigenvalue weighted by Crippen LogP contribution is -2.33. The maximum absolute atomic E-state index is 12.1. The highest BCUT2D eigenvalue weighted by molar-refractivity contribution is 7.93. The van der Waals surface area contributed by atoms with Gasteiger partial charge in [0.2, 0.25) is 10.0 Å². The van der Waals surface area contributed by atoms with Crippen molar-refractivity contribution < 1.29 is 13.2 Å². The lowest BCUT2D eigenvalue weighted by molar-refractivity contribution is 0.342. The number of hydrogen-bond acceptors (Lipinski definition) is 4. The molecule has 0 spiro atoms. The summed E-state index contributed by atoms with van der Waals surface area (Å²) in [5.41, 5.74) is 5.92. The molecule has 18 heavy (non-hydrogen) atoms. The third kappa shape index (κ3) is 3.61. The first-order valence-electron chi connectivity index (χ1n) is 5.98. The van der Waals surface area contributed by atoms with E-state index in [4.69, 9.17) is 10.5 Å². The molecule has 0 aliphatic heterocycles. The van der Waals surface area contributed by atoms with Gasteiger partial charge in [0, 0.05) is 6.54 Å². The predicted molar refractivity (Wildman–Crippen MR) is 73.3 cm³/mol. The molecule has 3 N–H and O–H groups in total. The molecule has 0 fully saturated rings. The SMILES string of the molecule is CCOc1ccccc1NS(=O)(=O)C(CC)CN. The van der Waals surface area contributed by atoms with Crippen molar-refractivity contribution in [1.82, 2.24) is 0 Å². The molecule has 1 aromatic rings. The van der Waals surface area contributed by atoms with Crippen molar-refractivity contribution in [3.05, 3.63) is 24.3 Å². The second kappa shape index (κ2) is 6.61. The van der Waals surface area contributed by atoms with E-state index in [2.05, 4.69) is 4.72 Å². The van der Waals surface area contributed by atoms with Crippen molar-refractivity contribution in [2.75, 3.05) is 17.9 Å². The Hall–Kier alpha value is -1.27. The third-order valence-corrected chi connectivity index (χ3v) is 4.50. The van der Waals surface area contributed by atoms with E-state index in [0.29, 0.717) is 24.5 Å². The van der Waals surface area contributed by atoms with Gasteiger partial charge in [-0.25, -0.2) is 8.42 Å². The highest BCUT2D eigenvalue weighted by atomic mass is 32.2. The summed E-state index contributed by atoms with van der Waals surface area (Å²) in [6.45, 7) is 4.22. The van der Waals surface area contributed by atoms with Crippen molar-refractivity contribution in [2.45, 2.75) is 25.5 Å². The first-order chi connectivity index (χ1) is 8.55. The average molecular weight is 272 g/mol. The van der Waals surface area contributed by atoms with E-state index in [9.17, 15) is 8.42 Å². The number of rotatable bonds is 7. The van der Waals surface area contributed by atoms with Crippen LogP contribution in [0.25, 0.3) is 0 Å². The number of hydrogen-bond donors (Lipinski definition) is 2. The lowest BCUT2D eigenvalue weighted by atomic mass is 10.3. The van der Waals surface area contributed by atoms with E-state index in [1.807, 2.05) is 6.92 Å². The van der Waals surface area contributed by atoms with E-state index >= 15 is 0 Å². The average Bonchev–Trinajstić information content (AvgIpc) is 2.32. The van der Waals surface area contributed by atoms with Crippen LogP contribution in [0.2, 0.25) is 0 Å². The Morgan fingerprint density at radius 2 is 2.00 bits per heavy atom. The van der Waals surface area contributed by atoms with Crippen LogP contribution >= 0.6 is 0 Å². The first-order valence-corrected chi connectivity index (χ1v) is 7.53. The molecule has 1 unspecified atom stereocenters. The van der Waals surface area contributed by atoms with Gasteiger partial charge in [0.1, 0.15) is 5.75 Å². The topological polar surface area (TPSA) is 81.4 Å². The van der Waals surface area contributed by atoms with Crippen molar-refractivity contribution in [3.63, 3.8) is 0 Å². The van der Waals surface area contributed by atoms with E-state index in [1.165, 1.54) is 0 Å². The molecular formula is C12H20N2O3S. The highest BCUT2D eigenvalue weighted by Gasteiger charge is 2.23. The number of nitrogens with one attached hydrogen (secondary N) is 1. The number of para-hydroxylation sites is 2. The number of nitrogens with two attached hydrogens (primary N) is 1. The second-order valence-electron chi connectivity index (χ2n) is 3.84. The lowest BCUT2D eigenvalue weighted by Gasteiger charge is -2.17. The first kappa shape index (κ1) is 14.8. The zero-order valence-corrected chi connectivity index (χ0v) is 11.5. The van der Waals surface area contributed by atoms with Gasteiger partial charge in [-0.2, -0.15) is 0 Å². The van der Waals surface area contributed by atoms with Crippen molar-refractivity contribution in [2.24, 2.45) is 5.73 Å². The summed E-state index contributed by atoms with van der Waals surface area (Å²) in [7, 11) is -3.47. The highest BCUT2D eigenvalue weighted by Crippen LogP contribution is 2.25. The van der Waals surface area contributed by atoms with Crippen LogP contribution in [0.3, 0.4) is 0 Å². The van der Waals surface area contributed by atoms with Gasteiger partial charge >= 0.3 is 0 Å². The van der Waals surface area contributed by atoms with Crippen molar-refractivity contribution in [1.29, 1.82) is 0 Å². The fourth-order valence-corrected chi connectivity index (χ4v) is 2.92. The van der Waals surface area contributed by atoms with Gasteiger partial charge in [-0.1, -0.05) is 19.1 Å². The third-order valence-electron chi connectivity index (χ3n) is 2.60. The van der Waals surface area contributed by atoms with Crippen LogP contribution in [0, 0.1) is 0 Å². The fraction of sp³-hybridized carbons (Fsp3) is 0.500. The van der Waals surface area contributed by atoms with E-state index in [-0.39, 0.29) is 6.54 Å². The van der Waals surface area contributed by atoms with Crippen molar-refractivity contribution >= 4 is 15.7 Å². The number of sulfonamides is 1. The van der Waals surface area contributed by atoms with Crippen molar-refractivity contribution in [3.8, 4) is 5.75 Å². The molecule has 0 bridgehead atoms. The zero-order valence-electron chi connectivity index (χ0n) is 10.7. The maximum Gasteiger partial charge on any atom is 0.236 e. The summed E-state index contributed by atoms with van der Waals surface area (Å²) in [6, 6.07) is 6.95. The number of benzene rings is 1. The molecule has 1 rings (SSSR count). The minimum Gasteiger partial charge on any atom is -0.492 e. The zero-order chi connectivity index (χ0) is 13.6. The van der Waals surface area contributed by atoms with Crippen LogP contribution in [-0.2, 0) is 10.0 Å². The second-order valence-corrected chi connectivity index (χ2v) is 5.80. The summed E-state index contributed by atoms with van der Waals surface area (Å²) in [5, 5.41) is -0.591. The molecule has 0 amide bonds.